The fourth-order valence-corrected chi connectivity index (χ4v) is 3.93. The lowest BCUT2D eigenvalue weighted by atomic mass is 10.3. The highest BCUT2D eigenvalue weighted by molar-refractivity contribution is 7.89. The molecule has 0 spiro atoms. The Morgan fingerprint density at radius 3 is 2.65 bits per heavy atom. The second kappa shape index (κ2) is 6.32. The molecular weight excluding hydrogens is 355 g/mol. The number of thiophene rings is 1. The highest BCUT2D eigenvalue weighted by atomic mass is 32.2. The number of hydrogen-bond donors (Lipinski definition) is 1. The van der Waals surface area contributed by atoms with E-state index in [1.165, 1.54) is 18.3 Å². The Morgan fingerprint density at radius 1 is 1.43 bits per heavy atom. The molecule has 0 aliphatic rings. The van der Waals surface area contributed by atoms with E-state index in [9.17, 15) is 26.4 Å². The topological polar surface area (TPSA) is 81.1 Å². The van der Waals surface area contributed by atoms with Gasteiger partial charge < -0.3 is 0 Å². The van der Waals surface area contributed by atoms with E-state index in [0.717, 1.165) is 10.9 Å². The van der Waals surface area contributed by atoms with Crippen LogP contribution >= 0.6 is 11.3 Å². The van der Waals surface area contributed by atoms with E-state index >= 15 is 0 Å². The van der Waals surface area contributed by atoms with Crippen LogP contribution in [0.25, 0.3) is 0 Å². The normalized spacial score (nSPS) is 13.7. The average Bonchev–Trinajstić information content (AvgIpc) is 3.06. The van der Waals surface area contributed by atoms with Crippen molar-refractivity contribution in [1.29, 1.82) is 0 Å². The highest BCUT2D eigenvalue weighted by Crippen LogP contribution is 2.27. The molecule has 2 aromatic rings. The van der Waals surface area contributed by atoms with Gasteiger partial charge in [0.05, 0.1) is 0 Å². The number of alkyl halides is 3. The maximum Gasteiger partial charge on any atom is 0.435 e. The van der Waals surface area contributed by atoms with Gasteiger partial charge in [0.2, 0.25) is 10.0 Å². The van der Waals surface area contributed by atoms with Gasteiger partial charge in [0.15, 0.2) is 5.69 Å². The third kappa shape index (κ3) is 4.55. The first-order valence-corrected chi connectivity index (χ1v) is 8.81. The third-order valence-corrected chi connectivity index (χ3v) is 5.11. The first kappa shape index (κ1) is 17.5. The van der Waals surface area contributed by atoms with Crippen LogP contribution in [-0.2, 0) is 26.7 Å². The molecule has 2 heterocycles. The van der Waals surface area contributed by atoms with Crippen molar-refractivity contribution in [2.75, 3.05) is 0 Å². The van der Waals surface area contributed by atoms with Gasteiger partial charge in [0.25, 0.3) is 5.91 Å². The Kier molecular flexibility index (Phi) is 4.80. The molecule has 0 aromatic carbocycles. The van der Waals surface area contributed by atoms with Crippen molar-refractivity contribution in [2.45, 2.75) is 24.9 Å². The van der Waals surface area contributed by atoms with Gasteiger partial charge in [-0.15, -0.1) is 11.3 Å². The van der Waals surface area contributed by atoms with Crippen LogP contribution in [0.15, 0.2) is 29.8 Å². The fourth-order valence-electron chi connectivity index (χ4n) is 1.68. The molecule has 1 unspecified atom stereocenters. The minimum Gasteiger partial charge on any atom is -0.272 e. The Labute approximate surface area is 134 Å². The molecule has 1 N–H and O–H groups in total. The minimum absolute atomic E-state index is 0.379. The zero-order valence-corrected chi connectivity index (χ0v) is 13.4. The van der Waals surface area contributed by atoms with Crippen LogP contribution in [0.5, 0.6) is 0 Å². The van der Waals surface area contributed by atoms with Gasteiger partial charge in [-0.25, -0.2) is 8.42 Å². The first-order valence-electron chi connectivity index (χ1n) is 6.27. The van der Waals surface area contributed by atoms with Gasteiger partial charge in [0, 0.05) is 11.1 Å². The smallest absolute Gasteiger partial charge is 0.272 e. The van der Waals surface area contributed by atoms with Gasteiger partial charge in [-0.05, 0) is 24.4 Å². The second-order valence-electron chi connectivity index (χ2n) is 4.66. The van der Waals surface area contributed by atoms with Crippen LogP contribution in [0.1, 0.15) is 23.5 Å². The summed E-state index contributed by atoms with van der Waals surface area (Å²) in [6.07, 6.45) is -3.66. The van der Waals surface area contributed by atoms with Crippen molar-refractivity contribution in [3.05, 3.63) is 40.3 Å². The lowest BCUT2D eigenvalue weighted by molar-refractivity contribution is -0.142. The zero-order chi connectivity index (χ0) is 17.3. The zero-order valence-electron chi connectivity index (χ0n) is 11.7. The van der Waals surface area contributed by atoms with Crippen molar-refractivity contribution in [3.8, 4) is 0 Å². The summed E-state index contributed by atoms with van der Waals surface area (Å²) in [6, 6.07) is 2.77. The van der Waals surface area contributed by atoms with Crippen molar-refractivity contribution >= 4 is 27.3 Å². The standard InChI is InChI=1S/C12H12F3N3O3S2/c1-8(18-5-4-10(16-18)12(13,14)15)11(19)17-23(20,21)7-9-3-2-6-22-9/h2-6,8H,7H2,1H3,(H,17,19). The third-order valence-electron chi connectivity index (χ3n) is 2.84. The maximum atomic E-state index is 12.5. The van der Waals surface area contributed by atoms with Crippen LogP contribution in [0.3, 0.4) is 0 Å². The Hall–Kier alpha value is -1.88. The maximum absolute atomic E-state index is 12.5. The molecule has 1 amide bonds. The number of rotatable bonds is 5. The summed E-state index contributed by atoms with van der Waals surface area (Å²) in [5, 5.41) is 4.94. The molecule has 0 aliphatic carbocycles. The Morgan fingerprint density at radius 2 is 2.13 bits per heavy atom. The van der Waals surface area contributed by atoms with Gasteiger partial charge in [-0.1, -0.05) is 6.07 Å². The monoisotopic (exact) mass is 367 g/mol. The van der Waals surface area contributed by atoms with Crippen molar-refractivity contribution in [2.24, 2.45) is 0 Å². The highest BCUT2D eigenvalue weighted by Gasteiger charge is 2.34. The Bertz CT molecular complexity index is 782. The number of aromatic nitrogens is 2. The molecule has 11 heteroatoms. The number of carbonyl (C=O) groups excluding carboxylic acids is 1. The molecule has 0 saturated carbocycles. The molecular formula is C12H12F3N3O3S2. The van der Waals surface area contributed by atoms with Crippen molar-refractivity contribution in [3.63, 3.8) is 0 Å². The van der Waals surface area contributed by atoms with Crippen LogP contribution in [-0.4, -0.2) is 24.1 Å². The number of carbonyl (C=O) groups is 1. The number of sulfonamides is 1. The molecule has 0 fully saturated rings. The summed E-state index contributed by atoms with van der Waals surface area (Å²) < 4.78 is 63.8. The molecule has 23 heavy (non-hydrogen) atoms. The van der Waals surface area contributed by atoms with E-state index in [4.69, 9.17) is 0 Å². The molecule has 1 atom stereocenters. The summed E-state index contributed by atoms with van der Waals surface area (Å²) in [4.78, 5) is 12.5. The molecule has 0 bridgehead atoms. The molecule has 6 nitrogen and oxygen atoms in total. The number of halogens is 3. The number of hydrogen-bond acceptors (Lipinski definition) is 5. The molecule has 126 valence electrons. The number of nitrogens with zero attached hydrogens (tertiary/aromatic N) is 2. The SMILES string of the molecule is CC(C(=O)NS(=O)(=O)Cc1cccs1)n1ccc(C(F)(F)F)n1. The van der Waals surface area contributed by atoms with Crippen LogP contribution in [0, 0.1) is 0 Å². The predicted octanol–water partition coefficient (Wildman–Crippen LogP) is 2.17. The van der Waals surface area contributed by atoms with Crippen LogP contribution < -0.4 is 4.72 Å². The van der Waals surface area contributed by atoms with E-state index in [1.54, 1.807) is 17.5 Å². The lowest BCUT2D eigenvalue weighted by Crippen LogP contribution is -2.36. The van der Waals surface area contributed by atoms with Crippen molar-refractivity contribution < 1.29 is 26.4 Å². The molecule has 2 aromatic heterocycles. The quantitative estimate of drug-likeness (QED) is 0.878. The van der Waals surface area contributed by atoms with Crippen LogP contribution in [0.4, 0.5) is 13.2 Å². The predicted molar refractivity (Wildman–Crippen MR) is 77.0 cm³/mol. The van der Waals surface area contributed by atoms with E-state index in [-0.39, 0.29) is 5.75 Å². The average molecular weight is 367 g/mol. The van der Waals surface area contributed by atoms with Gasteiger partial charge in [-0.3, -0.25) is 14.2 Å². The summed E-state index contributed by atoms with van der Waals surface area (Å²) in [5.74, 6) is -1.34. The van der Waals surface area contributed by atoms with E-state index in [2.05, 4.69) is 5.10 Å². The molecule has 2 rings (SSSR count). The summed E-state index contributed by atoms with van der Waals surface area (Å²) in [6.45, 7) is 1.25. The van der Waals surface area contributed by atoms with E-state index in [1.807, 2.05) is 4.72 Å². The van der Waals surface area contributed by atoms with Gasteiger partial charge in [0.1, 0.15) is 11.8 Å². The number of nitrogens with one attached hydrogen (secondary N) is 1. The second-order valence-corrected chi connectivity index (χ2v) is 7.41. The molecule has 0 radical (unpaired) electrons. The molecule has 0 aliphatic heterocycles. The summed E-state index contributed by atoms with van der Waals surface area (Å²) >= 11 is 1.21. The van der Waals surface area contributed by atoms with Gasteiger partial charge >= 0.3 is 6.18 Å². The van der Waals surface area contributed by atoms with E-state index < -0.39 is 33.8 Å². The minimum atomic E-state index is -4.63. The fraction of sp³-hybridized carbons (Fsp3) is 0.333. The first-order chi connectivity index (χ1) is 10.6. The number of amides is 1. The molecule has 0 saturated heterocycles. The lowest BCUT2D eigenvalue weighted by Gasteiger charge is -2.13. The summed E-state index contributed by atoms with van der Waals surface area (Å²) in [5.41, 5.74) is -1.15. The van der Waals surface area contributed by atoms with Crippen LogP contribution in [0.2, 0.25) is 0 Å². The van der Waals surface area contributed by atoms with Gasteiger partial charge in [-0.2, -0.15) is 18.3 Å². The Balaban J connectivity index is 2.06. The summed E-state index contributed by atoms with van der Waals surface area (Å²) in [7, 11) is -3.93. The largest absolute Gasteiger partial charge is 0.435 e. The van der Waals surface area contributed by atoms with E-state index in [0.29, 0.717) is 10.9 Å². The van der Waals surface area contributed by atoms with Crippen molar-refractivity contribution in [1.82, 2.24) is 14.5 Å².